The minimum Gasteiger partial charge on any atom is -0.393 e. The van der Waals surface area contributed by atoms with Crippen LogP contribution in [0.25, 0.3) is 0 Å². The Morgan fingerprint density at radius 3 is 1.71 bits per heavy atom. The minimum atomic E-state index is -0.0329. The summed E-state index contributed by atoms with van der Waals surface area (Å²) in [5, 5.41) is 9.86. The molecule has 0 aromatic heterocycles. The van der Waals surface area contributed by atoms with Gasteiger partial charge in [0.25, 0.3) is 0 Å². The van der Waals surface area contributed by atoms with Gasteiger partial charge < -0.3 is 5.11 Å². The third-order valence-electron chi connectivity index (χ3n) is 3.57. The molecule has 14 heavy (non-hydrogen) atoms. The maximum atomic E-state index is 9.86. The van der Waals surface area contributed by atoms with Gasteiger partial charge in [0.15, 0.2) is 0 Å². The molecule has 1 aliphatic carbocycles. The fraction of sp³-hybridized carbons (Fsp3) is 1.00. The van der Waals surface area contributed by atoms with Crippen LogP contribution in [0.3, 0.4) is 0 Å². The second kappa shape index (κ2) is 7.28. The first-order valence-corrected chi connectivity index (χ1v) is 6.49. The third kappa shape index (κ3) is 4.99. The molecule has 0 aromatic carbocycles. The average Bonchev–Trinajstić information content (AvgIpc) is 2.18. The Hall–Kier alpha value is -0.0400. The molecule has 2 unspecified atom stereocenters. The summed E-state index contributed by atoms with van der Waals surface area (Å²) < 4.78 is 0. The van der Waals surface area contributed by atoms with Crippen LogP contribution >= 0.6 is 0 Å². The van der Waals surface area contributed by atoms with Crippen molar-refractivity contribution in [3.05, 3.63) is 0 Å². The summed E-state index contributed by atoms with van der Waals surface area (Å²) in [6.07, 6.45) is 13.1. The van der Waals surface area contributed by atoms with Gasteiger partial charge in [0, 0.05) is 0 Å². The fourth-order valence-electron chi connectivity index (χ4n) is 2.36. The van der Waals surface area contributed by atoms with Crippen LogP contribution in [-0.2, 0) is 0 Å². The van der Waals surface area contributed by atoms with Gasteiger partial charge in [-0.3, -0.25) is 0 Å². The first-order chi connectivity index (χ1) is 6.80. The molecule has 1 N–H and O–H groups in total. The molecule has 0 aromatic rings. The maximum absolute atomic E-state index is 9.86. The van der Waals surface area contributed by atoms with Gasteiger partial charge >= 0.3 is 0 Å². The van der Waals surface area contributed by atoms with Crippen molar-refractivity contribution in [3.8, 4) is 0 Å². The summed E-state index contributed by atoms with van der Waals surface area (Å²) in [4.78, 5) is 0. The molecule has 0 aliphatic heterocycles. The Bertz CT molecular complexity index is 117. The van der Waals surface area contributed by atoms with Gasteiger partial charge in [0.1, 0.15) is 0 Å². The van der Waals surface area contributed by atoms with Gasteiger partial charge in [-0.15, -0.1) is 0 Å². The van der Waals surface area contributed by atoms with Gasteiger partial charge in [-0.2, -0.15) is 0 Å². The Morgan fingerprint density at radius 1 is 0.714 bits per heavy atom. The summed E-state index contributed by atoms with van der Waals surface area (Å²) >= 11 is 0. The second-order valence-electron chi connectivity index (χ2n) is 4.95. The van der Waals surface area contributed by atoms with E-state index in [0.29, 0.717) is 5.92 Å². The molecule has 0 radical (unpaired) electrons. The van der Waals surface area contributed by atoms with Crippen LogP contribution in [0, 0.1) is 5.92 Å². The molecule has 0 spiro atoms. The largest absolute Gasteiger partial charge is 0.393 e. The Morgan fingerprint density at radius 2 is 1.14 bits per heavy atom. The predicted molar refractivity (Wildman–Crippen MR) is 61.3 cm³/mol. The molecule has 0 amide bonds. The molecule has 2 atom stereocenters. The average molecular weight is 198 g/mol. The lowest BCUT2D eigenvalue weighted by Crippen LogP contribution is -2.17. The van der Waals surface area contributed by atoms with Crippen LogP contribution in [0.5, 0.6) is 0 Å². The van der Waals surface area contributed by atoms with Crippen LogP contribution in [0.2, 0.25) is 0 Å². The number of hydrogen-bond acceptors (Lipinski definition) is 1. The van der Waals surface area contributed by atoms with Gasteiger partial charge in [0.2, 0.25) is 0 Å². The summed E-state index contributed by atoms with van der Waals surface area (Å²) in [5.74, 6) is 0.523. The van der Waals surface area contributed by atoms with E-state index in [2.05, 4.69) is 6.92 Å². The standard InChI is InChI=1S/C13H26O/c1-12-10-8-6-4-2-3-5-7-9-11-13(12)14/h12-14H,2-11H2,1H3. The van der Waals surface area contributed by atoms with Crippen molar-refractivity contribution in [1.82, 2.24) is 0 Å². The van der Waals surface area contributed by atoms with Gasteiger partial charge in [-0.05, 0) is 18.8 Å². The van der Waals surface area contributed by atoms with Crippen molar-refractivity contribution in [3.63, 3.8) is 0 Å². The fourth-order valence-corrected chi connectivity index (χ4v) is 2.36. The van der Waals surface area contributed by atoms with Crippen LogP contribution in [0.15, 0.2) is 0 Å². The van der Waals surface area contributed by atoms with Crippen LogP contribution in [-0.4, -0.2) is 11.2 Å². The van der Waals surface area contributed by atoms with Gasteiger partial charge in [-0.25, -0.2) is 0 Å². The van der Waals surface area contributed by atoms with E-state index in [-0.39, 0.29) is 6.10 Å². The lowest BCUT2D eigenvalue weighted by molar-refractivity contribution is 0.0980. The molecule has 1 nitrogen and oxygen atoms in total. The second-order valence-corrected chi connectivity index (χ2v) is 4.95. The molecular weight excluding hydrogens is 172 g/mol. The Balaban J connectivity index is 2.23. The number of aliphatic hydroxyl groups is 1. The van der Waals surface area contributed by atoms with Crippen molar-refractivity contribution in [2.75, 3.05) is 0 Å². The Labute approximate surface area is 88.9 Å². The number of hydrogen-bond donors (Lipinski definition) is 1. The van der Waals surface area contributed by atoms with Crippen LogP contribution < -0.4 is 0 Å². The van der Waals surface area contributed by atoms with E-state index in [0.717, 1.165) is 6.42 Å². The summed E-state index contributed by atoms with van der Waals surface area (Å²) in [6, 6.07) is 0. The topological polar surface area (TPSA) is 20.2 Å². The Kier molecular flexibility index (Phi) is 6.25. The molecule has 1 heteroatoms. The molecule has 1 rings (SSSR count). The van der Waals surface area contributed by atoms with E-state index in [1.165, 1.54) is 57.8 Å². The van der Waals surface area contributed by atoms with Crippen molar-refractivity contribution in [1.29, 1.82) is 0 Å². The smallest absolute Gasteiger partial charge is 0.0565 e. The molecule has 84 valence electrons. The van der Waals surface area contributed by atoms with Gasteiger partial charge in [0.05, 0.1) is 6.10 Å². The zero-order chi connectivity index (χ0) is 10.2. The summed E-state index contributed by atoms with van der Waals surface area (Å²) in [5.41, 5.74) is 0. The highest BCUT2D eigenvalue weighted by Gasteiger charge is 2.13. The molecule has 0 saturated heterocycles. The van der Waals surface area contributed by atoms with E-state index in [9.17, 15) is 5.11 Å². The quantitative estimate of drug-likeness (QED) is 0.626. The van der Waals surface area contributed by atoms with Crippen molar-refractivity contribution < 1.29 is 5.11 Å². The third-order valence-corrected chi connectivity index (χ3v) is 3.57. The normalized spacial score (nSPS) is 33.0. The number of rotatable bonds is 0. The van der Waals surface area contributed by atoms with Gasteiger partial charge in [-0.1, -0.05) is 58.3 Å². The van der Waals surface area contributed by atoms with Crippen molar-refractivity contribution in [2.24, 2.45) is 5.92 Å². The first kappa shape index (κ1) is 12.0. The van der Waals surface area contributed by atoms with E-state index in [1.54, 1.807) is 0 Å². The van der Waals surface area contributed by atoms with E-state index in [4.69, 9.17) is 0 Å². The highest BCUT2D eigenvalue weighted by molar-refractivity contribution is 4.65. The van der Waals surface area contributed by atoms with Crippen molar-refractivity contribution >= 4 is 0 Å². The monoisotopic (exact) mass is 198 g/mol. The molecule has 1 saturated carbocycles. The van der Waals surface area contributed by atoms with Crippen LogP contribution in [0.1, 0.15) is 71.1 Å². The SMILES string of the molecule is CC1CCCCCCCCCCC1O. The lowest BCUT2D eigenvalue weighted by Gasteiger charge is -2.19. The maximum Gasteiger partial charge on any atom is 0.0565 e. The molecule has 1 fully saturated rings. The van der Waals surface area contributed by atoms with E-state index < -0.39 is 0 Å². The summed E-state index contributed by atoms with van der Waals surface area (Å²) in [7, 11) is 0. The zero-order valence-corrected chi connectivity index (χ0v) is 9.67. The zero-order valence-electron chi connectivity index (χ0n) is 9.67. The number of aliphatic hydroxyl groups excluding tert-OH is 1. The molecule has 0 heterocycles. The van der Waals surface area contributed by atoms with Crippen LogP contribution in [0.4, 0.5) is 0 Å². The minimum absolute atomic E-state index is 0.0329. The molecular formula is C13H26O. The van der Waals surface area contributed by atoms with Crippen molar-refractivity contribution in [2.45, 2.75) is 77.2 Å². The predicted octanol–water partition coefficient (Wildman–Crippen LogP) is 3.90. The van der Waals surface area contributed by atoms with E-state index >= 15 is 0 Å². The highest BCUT2D eigenvalue weighted by Crippen LogP contribution is 2.20. The molecule has 0 bridgehead atoms. The van der Waals surface area contributed by atoms with E-state index in [1.807, 2.05) is 0 Å². The lowest BCUT2D eigenvalue weighted by atomic mass is 9.92. The summed E-state index contributed by atoms with van der Waals surface area (Å²) in [6.45, 7) is 2.20. The highest BCUT2D eigenvalue weighted by atomic mass is 16.3. The molecule has 1 aliphatic rings. The first-order valence-electron chi connectivity index (χ1n) is 6.49.